The summed E-state index contributed by atoms with van der Waals surface area (Å²) in [5.74, 6) is 0.526. The largest absolute Gasteiger partial charge is 0.368 e. The molecular formula is C20H24N8O. The average Bonchev–Trinajstić information content (AvgIpc) is 3.34. The quantitative estimate of drug-likeness (QED) is 0.653. The minimum atomic E-state index is -0.198. The molecule has 0 radical (unpaired) electrons. The third kappa shape index (κ3) is 3.31. The van der Waals surface area contributed by atoms with Gasteiger partial charge in [0, 0.05) is 31.0 Å². The number of likely N-dealkylation sites (tertiary alicyclic amines) is 1. The molecule has 1 aliphatic carbocycles. The van der Waals surface area contributed by atoms with Crippen molar-refractivity contribution in [3.05, 3.63) is 42.7 Å². The van der Waals surface area contributed by atoms with E-state index in [-0.39, 0.29) is 11.9 Å². The van der Waals surface area contributed by atoms with Crippen molar-refractivity contribution in [3.63, 3.8) is 0 Å². The molecule has 1 saturated heterocycles. The standard InChI is InChI=1S/C20H24N8O/c21-18(29)16-4-2-6-27(16)14-7-15(8-14)28-12-26-17-19(24-11-25-20(17)28)23-10-13-3-1-5-22-9-13/h1,3,5,9,11-12,14-16H,2,4,6-8,10H2,(H2,21,29)(H,23,24,25). The molecule has 1 atom stereocenters. The SMILES string of the molecule is NC(=O)C1CCCN1C1CC(n2cnc3c(NCc4cccnc4)ncnc32)C1. The Morgan fingerprint density at radius 3 is 2.93 bits per heavy atom. The first kappa shape index (κ1) is 18.0. The minimum absolute atomic E-state index is 0.105. The van der Waals surface area contributed by atoms with Gasteiger partial charge in [0.1, 0.15) is 11.8 Å². The summed E-state index contributed by atoms with van der Waals surface area (Å²) in [6.07, 6.45) is 10.9. The summed E-state index contributed by atoms with van der Waals surface area (Å²) in [6, 6.07) is 4.56. The van der Waals surface area contributed by atoms with Gasteiger partial charge in [-0.2, -0.15) is 0 Å². The average molecular weight is 392 g/mol. The number of nitrogens with two attached hydrogens (primary N) is 1. The van der Waals surface area contributed by atoms with Crippen LogP contribution < -0.4 is 11.1 Å². The van der Waals surface area contributed by atoms with Crippen LogP contribution in [-0.2, 0) is 11.3 Å². The van der Waals surface area contributed by atoms with Crippen molar-refractivity contribution in [2.75, 3.05) is 11.9 Å². The molecule has 2 aliphatic rings. The fourth-order valence-corrected chi connectivity index (χ4v) is 4.53. The van der Waals surface area contributed by atoms with E-state index in [1.54, 1.807) is 12.5 Å². The number of pyridine rings is 1. The van der Waals surface area contributed by atoms with E-state index in [1.165, 1.54) is 0 Å². The van der Waals surface area contributed by atoms with Crippen LogP contribution in [0.15, 0.2) is 37.2 Å². The molecule has 0 aromatic carbocycles. The minimum Gasteiger partial charge on any atom is -0.368 e. The van der Waals surface area contributed by atoms with Gasteiger partial charge in [-0.15, -0.1) is 0 Å². The number of nitrogens with one attached hydrogen (secondary N) is 1. The maximum absolute atomic E-state index is 11.7. The summed E-state index contributed by atoms with van der Waals surface area (Å²) in [6.45, 7) is 1.59. The lowest BCUT2D eigenvalue weighted by Crippen LogP contribution is -2.51. The number of hydrogen-bond acceptors (Lipinski definition) is 7. The third-order valence-electron chi connectivity index (χ3n) is 6.11. The zero-order valence-electron chi connectivity index (χ0n) is 16.1. The van der Waals surface area contributed by atoms with Gasteiger partial charge in [0.2, 0.25) is 5.91 Å². The van der Waals surface area contributed by atoms with Gasteiger partial charge in [0.05, 0.1) is 12.4 Å². The molecule has 9 nitrogen and oxygen atoms in total. The first-order valence-electron chi connectivity index (χ1n) is 10.1. The molecule has 1 amide bonds. The number of carbonyl (C=O) groups is 1. The lowest BCUT2D eigenvalue weighted by atomic mass is 9.84. The molecule has 0 bridgehead atoms. The molecule has 9 heteroatoms. The Bertz CT molecular complexity index is 1010. The molecule has 5 rings (SSSR count). The topological polar surface area (TPSA) is 115 Å². The molecule has 3 aromatic heterocycles. The molecule has 3 N–H and O–H groups in total. The number of anilines is 1. The summed E-state index contributed by atoms with van der Waals surface area (Å²) in [7, 11) is 0. The number of hydrogen-bond donors (Lipinski definition) is 2. The Morgan fingerprint density at radius 1 is 1.24 bits per heavy atom. The van der Waals surface area contributed by atoms with E-state index in [9.17, 15) is 4.79 Å². The second kappa shape index (κ2) is 7.40. The predicted molar refractivity (Wildman–Crippen MR) is 108 cm³/mol. The van der Waals surface area contributed by atoms with Crippen LogP contribution in [0.4, 0.5) is 5.82 Å². The lowest BCUT2D eigenvalue weighted by Gasteiger charge is -2.43. The van der Waals surface area contributed by atoms with Gasteiger partial charge in [-0.3, -0.25) is 14.7 Å². The van der Waals surface area contributed by atoms with Crippen LogP contribution in [0.1, 0.15) is 37.3 Å². The lowest BCUT2D eigenvalue weighted by molar-refractivity contribution is -0.123. The van der Waals surface area contributed by atoms with E-state index in [2.05, 4.69) is 34.7 Å². The maximum Gasteiger partial charge on any atom is 0.234 e. The third-order valence-corrected chi connectivity index (χ3v) is 6.11. The highest BCUT2D eigenvalue weighted by Gasteiger charge is 2.41. The summed E-state index contributed by atoms with van der Waals surface area (Å²) in [5, 5.41) is 3.34. The fraction of sp³-hybridized carbons (Fsp3) is 0.450. The normalized spacial score (nSPS) is 24.5. The number of fused-ring (bicyclic) bond motifs is 1. The van der Waals surface area contributed by atoms with Crippen molar-refractivity contribution in [2.45, 2.75) is 50.4 Å². The number of imidazole rings is 1. The van der Waals surface area contributed by atoms with E-state index in [4.69, 9.17) is 5.73 Å². The Kier molecular flexibility index (Phi) is 4.59. The van der Waals surface area contributed by atoms with Crippen LogP contribution in [0.5, 0.6) is 0 Å². The van der Waals surface area contributed by atoms with Crippen molar-refractivity contribution >= 4 is 22.9 Å². The summed E-state index contributed by atoms with van der Waals surface area (Å²) in [5.41, 5.74) is 8.26. The van der Waals surface area contributed by atoms with E-state index >= 15 is 0 Å². The Morgan fingerprint density at radius 2 is 2.14 bits per heavy atom. The highest BCUT2D eigenvalue weighted by atomic mass is 16.1. The van der Waals surface area contributed by atoms with Gasteiger partial charge in [-0.05, 0) is 43.9 Å². The van der Waals surface area contributed by atoms with E-state index < -0.39 is 0 Å². The molecule has 1 unspecified atom stereocenters. The van der Waals surface area contributed by atoms with Crippen molar-refractivity contribution < 1.29 is 4.79 Å². The maximum atomic E-state index is 11.7. The summed E-state index contributed by atoms with van der Waals surface area (Å²) >= 11 is 0. The summed E-state index contributed by atoms with van der Waals surface area (Å²) < 4.78 is 2.14. The van der Waals surface area contributed by atoms with Crippen LogP contribution in [0.3, 0.4) is 0 Å². The Labute approximate surface area is 168 Å². The van der Waals surface area contributed by atoms with Crippen molar-refractivity contribution in [1.29, 1.82) is 0 Å². The first-order chi connectivity index (χ1) is 14.2. The molecule has 1 saturated carbocycles. The van der Waals surface area contributed by atoms with Crippen LogP contribution in [0.25, 0.3) is 11.2 Å². The highest BCUT2D eigenvalue weighted by Crippen LogP contribution is 2.40. The van der Waals surface area contributed by atoms with Gasteiger partial charge in [-0.25, -0.2) is 15.0 Å². The zero-order valence-corrected chi connectivity index (χ0v) is 16.1. The smallest absolute Gasteiger partial charge is 0.234 e. The van der Waals surface area contributed by atoms with Gasteiger partial charge < -0.3 is 15.6 Å². The van der Waals surface area contributed by atoms with Gasteiger partial charge in [0.25, 0.3) is 0 Å². The van der Waals surface area contributed by atoms with Gasteiger partial charge in [0.15, 0.2) is 11.5 Å². The Balaban J connectivity index is 1.29. The number of carbonyl (C=O) groups excluding carboxylic acids is 1. The van der Waals surface area contributed by atoms with Crippen LogP contribution in [-0.4, -0.2) is 53.9 Å². The number of rotatable bonds is 6. The second-order valence-electron chi connectivity index (χ2n) is 7.84. The van der Waals surface area contributed by atoms with Crippen molar-refractivity contribution in [2.24, 2.45) is 5.73 Å². The van der Waals surface area contributed by atoms with E-state index in [1.807, 2.05) is 24.7 Å². The van der Waals surface area contributed by atoms with Crippen LogP contribution in [0.2, 0.25) is 0 Å². The second-order valence-corrected chi connectivity index (χ2v) is 7.84. The molecule has 150 valence electrons. The first-order valence-corrected chi connectivity index (χ1v) is 10.1. The molecular weight excluding hydrogens is 368 g/mol. The molecule has 4 heterocycles. The zero-order chi connectivity index (χ0) is 19.8. The molecule has 2 fully saturated rings. The molecule has 0 spiro atoms. The number of nitrogens with zero attached hydrogens (tertiary/aromatic N) is 6. The van der Waals surface area contributed by atoms with Crippen molar-refractivity contribution in [3.8, 4) is 0 Å². The van der Waals surface area contributed by atoms with E-state index in [0.717, 1.165) is 54.8 Å². The molecule has 1 aliphatic heterocycles. The Hall–Kier alpha value is -3.07. The molecule has 3 aromatic rings. The highest BCUT2D eigenvalue weighted by molar-refractivity contribution is 5.82. The monoisotopic (exact) mass is 392 g/mol. The number of amides is 1. The van der Waals surface area contributed by atoms with Crippen LogP contribution >= 0.6 is 0 Å². The van der Waals surface area contributed by atoms with Gasteiger partial charge in [-0.1, -0.05) is 6.07 Å². The molecule has 29 heavy (non-hydrogen) atoms. The number of primary amides is 1. The van der Waals surface area contributed by atoms with Crippen LogP contribution in [0, 0.1) is 0 Å². The van der Waals surface area contributed by atoms with Gasteiger partial charge >= 0.3 is 0 Å². The number of aromatic nitrogens is 5. The fourth-order valence-electron chi connectivity index (χ4n) is 4.53. The van der Waals surface area contributed by atoms with E-state index in [0.29, 0.717) is 18.6 Å². The predicted octanol–water partition coefficient (Wildman–Crippen LogP) is 1.49. The van der Waals surface area contributed by atoms with Crippen molar-refractivity contribution in [1.82, 2.24) is 29.4 Å². The summed E-state index contributed by atoms with van der Waals surface area (Å²) in [4.78, 5) is 31.5.